The first-order valence-corrected chi connectivity index (χ1v) is 5.24. The Kier molecular flexibility index (Phi) is 4.63. The van der Waals surface area contributed by atoms with Gasteiger partial charge >= 0.3 is 0 Å². The summed E-state index contributed by atoms with van der Waals surface area (Å²) in [7, 11) is -3.15. The zero-order valence-electron chi connectivity index (χ0n) is 6.87. The van der Waals surface area contributed by atoms with Crippen LogP contribution in [-0.4, -0.2) is 31.9 Å². The first-order valence-electron chi connectivity index (χ1n) is 3.59. The Balaban J connectivity index is 3.82. The van der Waals surface area contributed by atoms with Crippen LogP contribution in [0.3, 0.4) is 0 Å². The summed E-state index contributed by atoms with van der Waals surface area (Å²) in [4.78, 5) is 0. The van der Waals surface area contributed by atoms with E-state index in [-0.39, 0.29) is 18.4 Å². The van der Waals surface area contributed by atoms with Crippen LogP contribution in [0.1, 0.15) is 20.3 Å². The molecule has 0 fully saturated rings. The molecule has 0 aromatic rings. The molecule has 11 heavy (non-hydrogen) atoms. The summed E-state index contributed by atoms with van der Waals surface area (Å²) in [6.45, 7) is 3.44. The van der Waals surface area contributed by atoms with Crippen molar-refractivity contribution in [2.45, 2.75) is 26.3 Å². The van der Waals surface area contributed by atoms with Crippen LogP contribution < -0.4 is 4.72 Å². The molecular weight excluding hydrogens is 166 g/mol. The highest BCUT2D eigenvalue weighted by Crippen LogP contribution is 1.90. The van der Waals surface area contributed by atoms with Crippen LogP contribution in [0, 0.1) is 0 Å². The van der Waals surface area contributed by atoms with Crippen LogP contribution in [0.25, 0.3) is 0 Å². The van der Waals surface area contributed by atoms with Crippen LogP contribution in [0.15, 0.2) is 0 Å². The molecule has 2 N–H and O–H groups in total. The van der Waals surface area contributed by atoms with Crippen molar-refractivity contribution in [1.29, 1.82) is 0 Å². The number of hydrogen-bond acceptors (Lipinski definition) is 3. The van der Waals surface area contributed by atoms with Crippen molar-refractivity contribution in [2.75, 3.05) is 12.4 Å². The molecule has 0 amide bonds. The molecule has 0 aliphatic carbocycles. The lowest BCUT2D eigenvalue weighted by atomic mass is 10.4. The van der Waals surface area contributed by atoms with Gasteiger partial charge in [0.2, 0.25) is 10.0 Å². The maximum Gasteiger partial charge on any atom is 0.211 e. The second-order valence-corrected chi connectivity index (χ2v) is 4.54. The molecule has 0 saturated carbocycles. The highest BCUT2D eigenvalue weighted by atomic mass is 32.2. The van der Waals surface area contributed by atoms with E-state index in [9.17, 15) is 8.42 Å². The van der Waals surface area contributed by atoms with Gasteiger partial charge < -0.3 is 5.11 Å². The first kappa shape index (κ1) is 10.9. The third kappa shape index (κ3) is 6.28. The molecular formula is C6H15NO3S. The van der Waals surface area contributed by atoms with Gasteiger partial charge in [-0.2, -0.15) is 0 Å². The minimum absolute atomic E-state index is 0.00167. The standard InChI is InChI=1S/C6H15NO3S/c1-6(2)7-11(9,10)5-3-4-8/h6-8H,3-5H2,1-2H3. The van der Waals surface area contributed by atoms with E-state index >= 15 is 0 Å². The van der Waals surface area contributed by atoms with Gasteiger partial charge in [-0.3, -0.25) is 0 Å². The van der Waals surface area contributed by atoms with E-state index in [0.717, 1.165) is 0 Å². The maximum absolute atomic E-state index is 11.0. The Morgan fingerprint density at radius 3 is 2.36 bits per heavy atom. The largest absolute Gasteiger partial charge is 0.396 e. The normalized spacial score (nSPS) is 12.4. The van der Waals surface area contributed by atoms with E-state index in [0.29, 0.717) is 6.42 Å². The van der Waals surface area contributed by atoms with Crippen molar-refractivity contribution < 1.29 is 13.5 Å². The molecule has 0 unspecified atom stereocenters. The van der Waals surface area contributed by atoms with Gasteiger partial charge in [-0.15, -0.1) is 0 Å². The summed E-state index contributed by atoms with van der Waals surface area (Å²) in [6.07, 6.45) is 0.294. The Bertz CT molecular complexity index is 186. The van der Waals surface area contributed by atoms with Crippen molar-refractivity contribution in [3.05, 3.63) is 0 Å². The third-order valence-electron chi connectivity index (χ3n) is 0.986. The van der Waals surface area contributed by atoms with Crippen LogP contribution in [0.4, 0.5) is 0 Å². The lowest BCUT2D eigenvalue weighted by Crippen LogP contribution is -2.32. The number of hydrogen-bond donors (Lipinski definition) is 2. The Labute approximate surface area is 67.7 Å². The zero-order chi connectivity index (χ0) is 8.91. The number of aliphatic hydroxyl groups excluding tert-OH is 1. The quantitative estimate of drug-likeness (QED) is 0.612. The SMILES string of the molecule is CC(C)NS(=O)(=O)CCCO. The summed E-state index contributed by atoms with van der Waals surface area (Å²) in [6, 6.07) is -0.0707. The van der Waals surface area contributed by atoms with E-state index in [2.05, 4.69) is 4.72 Å². The highest BCUT2D eigenvalue weighted by Gasteiger charge is 2.09. The van der Waals surface area contributed by atoms with E-state index in [1.165, 1.54) is 0 Å². The molecule has 0 aliphatic rings. The van der Waals surface area contributed by atoms with E-state index in [4.69, 9.17) is 5.11 Å². The molecule has 0 aromatic heterocycles. The Hall–Kier alpha value is -0.130. The lowest BCUT2D eigenvalue weighted by molar-refractivity contribution is 0.295. The van der Waals surface area contributed by atoms with Crippen LogP contribution in [0.2, 0.25) is 0 Å². The van der Waals surface area contributed by atoms with Gasteiger partial charge in [-0.05, 0) is 20.3 Å². The second kappa shape index (κ2) is 4.69. The zero-order valence-corrected chi connectivity index (χ0v) is 7.69. The third-order valence-corrected chi connectivity index (χ3v) is 2.64. The monoisotopic (exact) mass is 181 g/mol. The predicted octanol–water partition coefficient (Wildman–Crippen LogP) is -0.303. The number of nitrogens with one attached hydrogen (secondary N) is 1. The molecule has 0 atom stereocenters. The second-order valence-electron chi connectivity index (χ2n) is 2.67. The topological polar surface area (TPSA) is 66.4 Å². The van der Waals surface area contributed by atoms with E-state index < -0.39 is 10.0 Å². The number of aliphatic hydroxyl groups is 1. The smallest absolute Gasteiger partial charge is 0.211 e. The average molecular weight is 181 g/mol. The molecule has 4 nitrogen and oxygen atoms in total. The highest BCUT2D eigenvalue weighted by molar-refractivity contribution is 7.89. The molecule has 0 rings (SSSR count). The fraction of sp³-hybridized carbons (Fsp3) is 1.00. The molecule has 0 heterocycles. The van der Waals surface area contributed by atoms with Crippen molar-refractivity contribution in [1.82, 2.24) is 4.72 Å². The van der Waals surface area contributed by atoms with Crippen molar-refractivity contribution >= 4 is 10.0 Å². The molecule has 5 heteroatoms. The molecule has 0 spiro atoms. The Morgan fingerprint density at radius 2 is 2.00 bits per heavy atom. The number of sulfonamides is 1. The summed E-state index contributed by atoms with van der Waals surface area (Å²) >= 11 is 0. The summed E-state index contributed by atoms with van der Waals surface area (Å²) in [5.74, 6) is 0.00167. The van der Waals surface area contributed by atoms with Gasteiger partial charge in [-0.25, -0.2) is 13.1 Å². The van der Waals surface area contributed by atoms with Crippen molar-refractivity contribution in [3.63, 3.8) is 0 Å². The predicted molar refractivity (Wildman–Crippen MR) is 43.8 cm³/mol. The molecule has 0 bridgehead atoms. The molecule has 68 valence electrons. The van der Waals surface area contributed by atoms with E-state index in [1.54, 1.807) is 13.8 Å². The van der Waals surface area contributed by atoms with Gasteiger partial charge in [0, 0.05) is 12.6 Å². The molecule has 0 aromatic carbocycles. The van der Waals surface area contributed by atoms with Gasteiger partial charge in [0.1, 0.15) is 0 Å². The number of rotatable bonds is 5. The summed E-state index contributed by atoms with van der Waals surface area (Å²) in [5, 5.41) is 8.37. The summed E-state index contributed by atoms with van der Waals surface area (Å²) < 4.78 is 24.4. The van der Waals surface area contributed by atoms with Crippen molar-refractivity contribution in [3.8, 4) is 0 Å². The summed E-state index contributed by atoms with van der Waals surface area (Å²) in [5.41, 5.74) is 0. The van der Waals surface area contributed by atoms with Crippen LogP contribution in [-0.2, 0) is 10.0 Å². The fourth-order valence-corrected chi connectivity index (χ4v) is 2.02. The van der Waals surface area contributed by atoms with Gasteiger partial charge in [0.05, 0.1) is 5.75 Å². The average Bonchev–Trinajstić information content (AvgIpc) is 1.81. The van der Waals surface area contributed by atoms with Crippen molar-refractivity contribution in [2.24, 2.45) is 0 Å². The maximum atomic E-state index is 11.0. The molecule has 0 saturated heterocycles. The van der Waals surface area contributed by atoms with Gasteiger partial charge in [0.25, 0.3) is 0 Å². The van der Waals surface area contributed by atoms with Crippen LogP contribution >= 0.6 is 0 Å². The fourth-order valence-electron chi connectivity index (χ4n) is 0.673. The lowest BCUT2D eigenvalue weighted by Gasteiger charge is -2.07. The first-order chi connectivity index (χ1) is 4.98. The van der Waals surface area contributed by atoms with E-state index in [1.807, 2.05) is 0 Å². The Morgan fingerprint density at radius 1 is 1.45 bits per heavy atom. The van der Waals surface area contributed by atoms with Gasteiger partial charge in [0.15, 0.2) is 0 Å². The molecule has 0 radical (unpaired) electrons. The van der Waals surface area contributed by atoms with Crippen LogP contribution in [0.5, 0.6) is 0 Å². The minimum Gasteiger partial charge on any atom is -0.396 e. The van der Waals surface area contributed by atoms with Gasteiger partial charge in [-0.1, -0.05) is 0 Å². The minimum atomic E-state index is -3.15. The molecule has 0 aliphatic heterocycles.